The van der Waals surface area contributed by atoms with Crippen LogP contribution in [0, 0.1) is 0 Å². The number of carbonyl (C=O) groups is 2. The van der Waals surface area contributed by atoms with Gasteiger partial charge in [0.15, 0.2) is 5.78 Å². The van der Waals surface area contributed by atoms with E-state index in [0.29, 0.717) is 11.1 Å². The zero-order valence-corrected chi connectivity index (χ0v) is 9.50. The Morgan fingerprint density at radius 3 is 2.17 bits per heavy atom. The number of amides is 1. The lowest BCUT2D eigenvalue weighted by atomic mass is 10.0. The van der Waals surface area contributed by atoms with Gasteiger partial charge in [-0.3, -0.25) is 4.79 Å². The summed E-state index contributed by atoms with van der Waals surface area (Å²) in [5.74, 6) is -0.0497. The Labute approximate surface area is 104 Å². The van der Waals surface area contributed by atoms with E-state index in [1.807, 2.05) is 6.07 Å². The molecule has 0 fully saturated rings. The van der Waals surface area contributed by atoms with Crippen LogP contribution in [0.15, 0.2) is 54.6 Å². The maximum absolute atomic E-state index is 12.2. The molecule has 1 amide bonds. The van der Waals surface area contributed by atoms with Gasteiger partial charge >= 0.3 is 6.09 Å². The first kappa shape index (κ1) is 11.9. The minimum absolute atomic E-state index is 0.166. The summed E-state index contributed by atoms with van der Waals surface area (Å²) >= 11 is 0. The minimum Gasteiger partial charge on any atom is -0.410 e. The molecule has 0 heterocycles. The van der Waals surface area contributed by atoms with Crippen LogP contribution in [0.4, 0.5) is 4.79 Å². The third-order valence-electron chi connectivity index (χ3n) is 2.38. The molecule has 2 aromatic carbocycles. The third-order valence-corrected chi connectivity index (χ3v) is 2.38. The highest BCUT2D eigenvalue weighted by Gasteiger charge is 2.15. The fourth-order valence-electron chi connectivity index (χ4n) is 1.60. The summed E-state index contributed by atoms with van der Waals surface area (Å²) in [6.45, 7) is 0. The van der Waals surface area contributed by atoms with Crippen LogP contribution in [-0.2, 0) is 0 Å². The van der Waals surface area contributed by atoms with Gasteiger partial charge in [0.25, 0.3) is 0 Å². The summed E-state index contributed by atoms with van der Waals surface area (Å²) in [6.07, 6.45) is -0.941. The summed E-state index contributed by atoms with van der Waals surface area (Å²) < 4.78 is 4.81. The Kier molecular flexibility index (Phi) is 3.38. The molecule has 0 aliphatic rings. The van der Waals surface area contributed by atoms with Gasteiger partial charge in [-0.1, -0.05) is 42.5 Å². The van der Waals surface area contributed by atoms with Gasteiger partial charge in [-0.15, -0.1) is 0 Å². The van der Waals surface area contributed by atoms with Crippen molar-refractivity contribution in [3.8, 4) is 5.75 Å². The Balaban J connectivity index is 2.39. The number of primary amides is 1. The zero-order valence-electron chi connectivity index (χ0n) is 9.50. The molecular formula is C14H11NO3. The number of para-hydroxylation sites is 1. The second-order valence-electron chi connectivity index (χ2n) is 3.61. The Morgan fingerprint density at radius 2 is 1.50 bits per heavy atom. The summed E-state index contributed by atoms with van der Waals surface area (Å²) in [6, 6.07) is 15.2. The van der Waals surface area contributed by atoms with Crippen molar-refractivity contribution < 1.29 is 14.3 Å². The van der Waals surface area contributed by atoms with E-state index in [1.54, 1.807) is 42.5 Å². The molecule has 0 aliphatic carbocycles. The van der Waals surface area contributed by atoms with Crippen molar-refractivity contribution in [1.82, 2.24) is 0 Å². The fraction of sp³-hybridized carbons (Fsp3) is 0. The van der Waals surface area contributed by atoms with Gasteiger partial charge in [0.05, 0.1) is 5.56 Å². The van der Waals surface area contributed by atoms with Crippen LogP contribution >= 0.6 is 0 Å². The number of nitrogens with two attached hydrogens (primary N) is 1. The van der Waals surface area contributed by atoms with Crippen molar-refractivity contribution in [3.05, 3.63) is 65.7 Å². The van der Waals surface area contributed by atoms with Gasteiger partial charge in [-0.05, 0) is 12.1 Å². The maximum Gasteiger partial charge on any atom is 0.409 e. The van der Waals surface area contributed by atoms with Gasteiger partial charge in [0.2, 0.25) is 0 Å². The molecule has 0 spiro atoms. The normalized spacial score (nSPS) is 9.78. The van der Waals surface area contributed by atoms with Crippen molar-refractivity contribution >= 4 is 11.9 Å². The van der Waals surface area contributed by atoms with Crippen molar-refractivity contribution in [3.63, 3.8) is 0 Å². The predicted molar refractivity (Wildman–Crippen MR) is 66.5 cm³/mol. The first-order chi connectivity index (χ1) is 8.68. The first-order valence-electron chi connectivity index (χ1n) is 5.34. The number of hydrogen-bond acceptors (Lipinski definition) is 3. The molecule has 0 saturated heterocycles. The third kappa shape index (κ3) is 2.55. The monoisotopic (exact) mass is 241 g/mol. The number of carbonyl (C=O) groups excluding carboxylic acids is 2. The lowest BCUT2D eigenvalue weighted by Gasteiger charge is -2.07. The average Bonchev–Trinajstić information content (AvgIpc) is 2.39. The van der Waals surface area contributed by atoms with Crippen molar-refractivity contribution in [2.75, 3.05) is 0 Å². The van der Waals surface area contributed by atoms with E-state index in [2.05, 4.69) is 0 Å². The topological polar surface area (TPSA) is 69.4 Å². The number of ketones is 1. The van der Waals surface area contributed by atoms with Crippen LogP contribution in [0.25, 0.3) is 0 Å². The quantitative estimate of drug-likeness (QED) is 0.839. The largest absolute Gasteiger partial charge is 0.410 e. The van der Waals surface area contributed by atoms with E-state index in [-0.39, 0.29) is 11.5 Å². The molecule has 2 aromatic rings. The smallest absolute Gasteiger partial charge is 0.409 e. The highest BCUT2D eigenvalue weighted by atomic mass is 16.5. The van der Waals surface area contributed by atoms with E-state index in [1.165, 1.54) is 6.07 Å². The van der Waals surface area contributed by atoms with Crippen LogP contribution in [0.2, 0.25) is 0 Å². The van der Waals surface area contributed by atoms with E-state index in [4.69, 9.17) is 10.5 Å². The molecule has 2 rings (SSSR count). The molecule has 18 heavy (non-hydrogen) atoms. The number of benzene rings is 2. The molecule has 0 aliphatic heterocycles. The molecular weight excluding hydrogens is 230 g/mol. The lowest BCUT2D eigenvalue weighted by molar-refractivity contribution is 0.103. The van der Waals surface area contributed by atoms with E-state index >= 15 is 0 Å². The number of ether oxygens (including phenoxy) is 1. The standard InChI is InChI=1S/C14H11NO3/c15-14(17)18-12-9-5-4-8-11(12)13(16)10-6-2-1-3-7-10/h1-9H,(H2,15,17). The van der Waals surface area contributed by atoms with E-state index < -0.39 is 6.09 Å². The average molecular weight is 241 g/mol. The van der Waals surface area contributed by atoms with E-state index in [0.717, 1.165) is 0 Å². The van der Waals surface area contributed by atoms with Crippen molar-refractivity contribution in [2.24, 2.45) is 5.73 Å². The SMILES string of the molecule is NC(=O)Oc1ccccc1C(=O)c1ccccc1. The summed E-state index contributed by atoms with van der Waals surface area (Å²) in [4.78, 5) is 23.0. The molecule has 2 N–H and O–H groups in total. The fourth-order valence-corrected chi connectivity index (χ4v) is 1.60. The van der Waals surface area contributed by atoms with Crippen LogP contribution < -0.4 is 10.5 Å². The van der Waals surface area contributed by atoms with Crippen LogP contribution in [0.1, 0.15) is 15.9 Å². The van der Waals surface area contributed by atoms with Crippen LogP contribution in [0.5, 0.6) is 5.75 Å². The highest BCUT2D eigenvalue weighted by molar-refractivity contribution is 6.10. The van der Waals surface area contributed by atoms with E-state index in [9.17, 15) is 9.59 Å². The van der Waals surface area contributed by atoms with Crippen LogP contribution in [-0.4, -0.2) is 11.9 Å². The molecule has 0 unspecified atom stereocenters. The molecule has 0 saturated carbocycles. The first-order valence-corrected chi connectivity index (χ1v) is 5.34. The van der Waals surface area contributed by atoms with Gasteiger partial charge in [-0.2, -0.15) is 0 Å². The highest BCUT2D eigenvalue weighted by Crippen LogP contribution is 2.21. The molecule has 0 aromatic heterocycles. The predicted octanol–water partition coefficient (Wildman–Crippen LogP) is 2.38. The van der Waals surface area contributed by atoms with Gasteiger partial charge < -0.3 is 10.5 Å². The van der Waals surface area contributed by atoms with Gasteiger partial charge in [-0.25, -0.2) is 4.79 Å². The molecule has 90 valence electrons. The summed E-state index contributed by atoms with van der Waals surface area (Å²) in [7, 11) is 0. The van der Waals surface area contributed by atoms with Crippen molar-refractivity contribution in [2.45, 2.75) is 0 Å². The molecule has 0 radical (unpaired) electrons. The zero-order chi connectivity index (χ0) is 13.0. The minimum atomic E-state index is -0.941. The van der Waals surface area contributed by atoms with Gasteiger partial charge in [0.1, 0.15) is 5.75 Å². The molecule has 4 nitrogen and oxygen atoms in total. The molecule has 4 heteroatoms. The number of rotatable bonds is 3. The molecule has 0 atom stereocenters. The summed E-state index contributed by atoms with van der Waals surface area (Å²) in [5, 5.41) is 0. The second-order valence-corrected chi connectivity index (χ2v) is 3.61. The second kappa shape index (κ2) is 5.14. The maximum atomic E-state index is 12.2. The van der Waals surface area contributed by atoms with Crippen LogP contribution in [0.3, 0.4) is 0 Å². The number of hydrogen-bond donors (Lipinski definition) is 1. The van der Waals surface area contributed by atoms with Crippen molar-refractivity contribution in [1.29, 1.82) is 0 Å². The summed E-state index contributed by atoms with van der Waals surface area (Å²) in [5.41, 5.74) is 5.79. The van der Waals surface area contributed by atoms with Gasteiger partial charge in [0, 0.05) is 5.56 Å². The lowest BCUT2D eigenvalue weighted by Crippen LogP contribution is -2.18. The molecule has 0 bridgehead atoms. The Bertz CT molecular complexity index is 579. The Morgan fingerprint density at radius 1 is 0.889 bits per heavy atom. The Hall–Kier alpha value is -2.62.